The van der Waals surface area contributed by atoms with Crippen molar-refractivity contribution < 1.29 is 33.3 Å². The van der Waals surface area contributed by atoms with Gasteiger partial charge in [-0.25, -0.2) is 4.79 Å². The van der Waals surface area contributed by atoms with E-state index in [1.165, 1.54) is 6.92 Å². The standard InChI is InChI=1S/C24H29NO7/c1-4-29-21-11-6-18(14-22(21)30-5-2)12-13-25-23(27)15-32-24(28)16-31-20-9-7-19(8-10-20)17(3)26/h6-11,14H,4-5,12-13,15-16H2,1-3H3,(H,25,27). The van der Waals surface area contributed by atoms with Gasteiger partial charge in [0.25, 0.3) is 5.91 Å². The van der Waals surface area contributed by atoms with E-state index in [1.54, 1.807) is 24.3 Å². The van der Waals surface area contributed by atoms with Gasteiger partial charge in [-0.05, 0) is 69.2 Å². The maximum atomic E-state index is 11.9. The van der Waals surface area contributed by atoms with Gasteiger partial charge in [-0.15, -0.1) is 0 Å². The number of nitrogens with one attached hydrogen (secondary N) is 1. The molecule has 0 aliphatic heterocycles. The van der Waals surface area contributed by atoms with Crippen LogP contribution in [0.4, 0.5) is 0 Å². The fraction of sp³-hybridized carbons (Fsp3) is 0.375. The summed E-state index contributed by atoms with van der Waals surface area (Å²) in [7, 11) is 0. The zero-order chi connectivity index (χ0) is 23.3. The molecule has 0 bridgehead atoms. The van der Waals surface area contributed by atoms with Crippen molar-refractivity contribution in [1.29, 1.82) is 0 Å². The molecule has 0 atom stereocenters. The number of benzene rings is 2. The Labute approximate surface area is 187 Å². The van der Waals surface area contributed by atoms with Crippen LogP contribution in [-0.2, 0) is 20.7 Å². The fourth-order valence-corrected chi connectivity index (χ4v) is 2.76. The number of rotatable bonds is 13. The Balaban J connectivity index is 1.69. The lowest BCUT2D eigenvalue weighted by atomic mass is 10.1. The number of amides is 1. The summed E-state index contributed by atoms with van der Waals surface area (Å²) >= 11 is 0. The number of Topliss-reactive ketones (excluding diaryl/α,β-unsaturated/α-hetero) is 1. The molecule has 0 heterocycles. The van der Waals surface area contributed by atoms with Crippen LogP contribution >= 0.6 is 0 Å². The molecule has 0 fully saturated rings. The largest absolute Gasteiger partial charge is 0.490 e. The van der Waals surface area contributed by atoms with Gasteiger partial charge in [0.05, 0.1) is 13.2 Å². The first kappa shape index (κ1) is 24.7. The van der Waals surface area contributed by atoms with E-state index in [9.17, 15) is 14.4 Å². The lowest BCUT2D eigenvalue weighted by molar-refractivity contribution is -0.150. The van der Waals surface area contributed by atoms with Crippen molar-refractivity contribution in [2.75, 3.05) is 33.0 Å². The predicted octanol–water partition coefficient (Wildman–Crippen LogP) is 2.97. The van der Waals surface area contributed by atoms with E-state index in [1.807, 2.05) is 32.0 Å². The van der Waals surface area contributed by atoms with Crippen LogP contribution in [0, 0.1) is 0 Å². The van der Waals surface area contributed by atoms with Crippen LogP contribution in [0.3, 0.4) is 0 Å². The molecule has 1 amide bonds. The van der Waals surface area contributed by atoms with E-state index in [0.717, 1.165) is 5.56 Å². The number of carbonyl (C=O) groups excluding carboxylic acids is 3. The average molecular weight is 443 g/mol. The van der Waals surface area contributed by atoms with E-state index in [-0.39, 0.29) is 19.0 Å². The van der Waals surface area contributed by atoms with Crippen LogP contribution in [0.1, 0.15) is 36.7 Å². The Hall–Kier alpha value is -3.55. The highest BCUT2D eigenvalue weighted by Crippen LogP contribution is 2.28. The van der Waals surface area contributed by atoms with E-state index in [2.05, 4.69) is 5.32 Å². The van der Waals surface area contributed by atoms with Crippen molar-refractivity contribution in [2.45, 2.75) is 27.2 Å². The number of ketones is 1. The van der Waals surface area contributed by atoms with Crippen LogP contribution in [0.2, 0.25) is 0 Å². The summed E-state index contributed by atoms with van der Waals surface area (Å²) in [6.07, 6.45) is 0.589. The Kier molecular flexibility index (Phi) is 10.0. The first-order valence-corrected chi connectivity index (χ1v) is 10.5. The number of hydrogen-bond donors (Lipinski definition) is 1. The molecule has 8 heteroatoms. The molecular formula is C24H29NO7. The molecule has 1 N–H and O–H groups in total. The van der Waals surface area contributed by atoms with Gasteiger partial charge >= 0.3 is 5.97 Å². The Morgan fingerprint density at radius 1 is 0.844 bits per heavy atom. The molecular weight excluding hydrogens is 414 g/mol. The number of carbonyl (C=O) groups is 3. The van der Waals surface area contributed by atoms with E-state index < -0.39 is 11.9 Å². The van der Waals surface area contributed by atoms with Crippen LogP contribution < -0.4 is 19.5 Å². The molecule has 0 saturated heterocycles. The van der Waals surface area contributed by atoms with Gasteiger partial charge < -0.3 is 24.3 Å². The minimum Gasteiger partial charge on any atom is -0.490 e. The molecule has 0 saturated carbocycles. The van der Waals surface area contributed by atoms with Gasteiger partial charge in [-0.1, -0.05) is 6.07 Å². The second-order valence-electron chi connectivity index (χ2n) is 6.78. The van der Waals surface area contributed by atoms with Gasteiger partial charge in [0.15, 0.2) is 30.5 Å². The highest BCUT2D eigenvalue weighted by molar-refractivity contribution is 5.94. The summed E-state index contributed by atoms with van der Waals surface area (Å²) in [6.45, 7) is 6.01. The molecule has 0 spiro atoms. The number of ether oxygens (including phenoxy) is 4. The van der Waals surface area contributed by atoms with Crippen molar-refractivity contribution in [3.8, 4) is 17.2 Å². The Morgan fingerprint density at radius 3 is 2.19 bits per heavy atom. The summed E-state index contributed by atoms with van der Waals surface area (Å²) in [4.78, 5) is 34.9. The summed E-state index contributed by atoms with van der Waals surface area (Å²) in [5, 5.41) is 2.71. The highest BCUT2D eigenvalue weighted by Gasteiger charge is 2.10. The second kappa shape index (κ2) is 13.0. The fourth-order valence-electron chi connectivity index (χ4n) is 2.76. The third kappa shape index (κ3) is 8.29. The summed E-state index contributed by atoms with van der Waals surface area (Å²) < 4.78 is 21.3. The lowest BCUT2D eigenvalue weighted by Gasteiger charge is -2.12. The highest BCUT2D eigenvalue weighted by atomic mass is 16.6. The maximum absolute atomic E-state index is 11.9. The summed E-state index contributed by atoms with van der Waals surface area (Å²) in [6, 6.07) is 12.1. The van der Waals surface area contributed by atoms with E-state index in [4.69, 9.17) is 18.9 Å². The number of hydrogen-bond acceptors (Lipinski definition) is 7. The van der Waals surface area contributed by atoms with Gasteiger partial charge in [-0.3, -0.25) is 9.59 Å². The molecule has 0 aliphatic rings. The zero-order valence-electron chi connectivity index (χ0n) is 18.6. The van der Waals surface area contributed by atoms with Crippen molar-refractivity contribution in [2.24, 2.45) is 0 Å². The zero-order valence-corrected chi connectivity index (χ0v) is 18.6. The molecule has 32 heavy (non-hydrogen) atoms. The minimum atomic E-state index is -0.663. The molecule has 0 aliphatic carbocycles. The quantitative estimate of drug-likeness (QED) is 0.375. The van der Waals surface area contributed by atoms with Gasteiger partial charge in [0, 0.05) is 12.1 Å². The van der Waals surface area contributed by atoms with E-state index in [0.29, 0.717) is 49.0 Å². The van der Waals surface area contributed by atoms with Crippen LogP contribution in [0.25, 0.3) is 0 Å². The topological polar surface area (TPSA) is 100 Å². The third-order valence-electron chi connectivity index (χ3n) is 4.33. The normalized spacial score (nSPS) is 10.2. The molecule has 0 aromatic heterocycles. The van der Waals surface area contributed by atoms with Crippen LogP contribution in [0.5, 0.6) is 17.2 Å². The third-order valence-corrected chi connectivity index (χ3v) is 4.33. The molecule has 2 aromatic carbocycles. The molecule has 0 unspecified atom stereocenters. The van der Waals surface area contributed by atoms with E-state index >= 15 is 0 Å². The SMILES string of the molecule is CCOc1ccc(CCNC(=O)COC(=O)COc2ccc(C(C)=O)cc2)cc1OCC. The summed E-state index contributed by atoms with van der Waals surface area (Å²) in [5.41, 5.74) is 1.54. The predicted molar refractivity (Wildman–Crippen MR) is 118 cm³/mol. The van der Waals surface area contributed by atoms with Crippen molar-refractivity contribution in [3.63, 3.8) is 0 Å². The van der Waals surface area contributed by atoms with Gasteiger partial charge in [0.2, 0.25) is 0 Å². The van der Waals surface area contributed by atoms with Crippen molar-refractivity contribution in [3.05, 3.63) is 53.6 Å². The Morgan fingerprint density at radius 2 is 1.53 bits per heavy atom. The molecule has 8 nitrogen and oxygen atoms in total. The van der Waals surface area contributed by atoms with Crippen molar-refractivity contribution >= 4 is 17.7 Å². The molecule has 0 radical (unpaired) electrons. The molecule has 2 aromatic rings. The van der Waals surface area contributed by atoms with Gasteiger partial charge in [0.1, 0.15) is 5.75 Å². The molecule has 172 valence electrons. The Bertz CT molecular complexity index is 909. The van der Waals surface area contributed by atoms with Gasteiger partial charge in [-0.2, -0.15) is 0 Å². The van der Waals surface area contributed by atoms with Crippen LogP contribution in [0.15, 0.2) is 42.5 Å². The summed E-state index contributed by atoms with van der Waals surface area (Å²) in [5.74, 6) is 0.662. The van der Waals surface area contributed by atoms with Crippen LogP contribution in [-0.4, -0.2) is 50.6 Å². The minimum absolute atomic E-state index is 0.0563. The number of esters is 1. The average Bonchev–Trinajstić information content (AvgIpc) is 2.78. The lowest BCUT2D eigenvalue weighted by Crippen LogP contribution is -2.31. The smallest absolute Gasteiger partial charge is 0.344 e. The molecule has 2 rings (SSSR count). The first-order chi connectivity index (χ1) is 15.4. The van der Waals surface area contributed by atoms with Crippen molar-refractivity contribution in [1.82, 2.24) is 5.32 Å². The maximum Gasteiger partial charge on any atom is 0.344 e. The first-order valence-electron chi connectivity index (χ1n) is 10.5. The monoisotopic (exact) mass is 443 g/mol. The second-order valence-corrected chi connectivity index (χ2v) is 6.78.